The van der Waals surface area contributed by atoms with Gasteiger partial charge in [-0.15, -0.1) is 0 Å². The Balaban J connectivity index is 1.66. The lowest BCUT2D eigenvalue weighted by Gasteiger charge is -2.36. The molecule has 2 aromatic rings. The highest BCUT2D eigenvalue weighted by Crippen LogP contribution is 2.41. The van der Waals surface area contributed by atoms with Crippen molar-refractivity contribution in [1.82, 2.24) is 4.90 Å². The van der Waals surface area contributed by atoms with Crippen molar-refractivity contribution in [3.63, 3.8) is 0 Å². The topological polar surface area (TPSA) is 50.8 Å². The quantitative estimate of drug-likeness (QED) is 0.565. The zero-order valence-corrected chi connectivity index (χ0v) is 19.2. The molecule has 168 valence electrons. The number of amides is 1. The Kier molecular flexibility index (Phi) is 8.35. The van der Waals surface area contributed by atoms with Crippen LogP contribution >= 0.6 is 0 Å². The smallest absolute Gasteiger partial charge is 0.235 e. The molecule has 2 aromatic carbocycles. The molecule has 1 aliphatic rings. The third kappa shape index (κ3) is 5.79. The van der Waals surface area contributed by atoms with Crippen molar-refractivity contribution in [3.8, 4) is 11.5 Å². The first-order chi connectivity index (χ1) is 15.1. The largest absolute Gasteiger partial charge is 0.497 e. The molecule has 3 rings (SSSR count). The molecule has 0 radical (unpaired) electrons. The summed E-state index contributed by atoms with van der Waals surface area (Å²) < 4.78 is 11.2. The zero-order valence-electron chi connectivity index (χ0n) is 19.2. The maximum absolute atomic E-state index is 13.5. The van der Waals surface area contributed by atoms with Crippen LogP contribution in [-0.4, -0.2) is 44.2 Å². The molecule has 0 aliphatic heterocycles. The van der Waals surface area contributed by atoms with Gasteiger partial charge in [-0.1, -0.05) is 45.2 Å². The van der Waals surface area contributed by atoms with Crippen molar-refractivity contribution >= 4 is 11.6 Å². The first kappa shape index (κ1) is 23.1. The Hall–Kier alpha value is -2.53. The summed E-state index contributed by atoms with van der Waals surface area (Å²) in [5.74, 6) is 1.71. The minimum absolute atomic E-state index is 0.0765. The van der Waals surface area contributed by atoms with Crippen LogP contribution in [0, 0.1) is 0 Å². The lowest BCUT2D eigenvalue weighted by atomic mass is 9.68. The number of nitrogens with zero attached hydrogens (tertiary/aromatic N) is 1. The highest BCUT2D eigenvalue weighted by Gasteiger charge is 2.41. The standard InChI is InChI=1S/C26H36N2O3/c1-4-28(5-2)19-20-31-24-15-11-22(12-16-24)27-25(29)26(17-7-6-8-18-26)21-9-13-23(30-3)14-10-21/h9-16H,4-8,17-20H2,1-3H3,(H,27,29). The van der Waals surface area contributed by atoms with E-state index in [2.05, 4.69) is 24.1 Å². The number of hydrogen-bond donors (Lipinski definition) is 1. The van der Waals surface area contributed by atoms with E-state index in [4.69, 9.17) is 9.47 Å². The second-order valence-electron chi connectivity index (χ2n) is 8.23. The van der Waals surface area contributed by atoms with Crippen LogP contribution in [0.1, 0.15) is 51.5 Å². The second-order valence-corrected chi connectivity index (χ2v) is 8.23. The highest BCUT2D eigenvalue weighted by atomic mass is 16.5. The maximum atomic E-state index is 13.5. The number of likely N-dealkylation sites (N-methyl/N-ethyl adjacent to an activating group) is 1. The van der Waals surface area contributed by atoms with Crippen LogP contribution < -0.4 is 14.8 Å². The Labute approximate surface area is 186 Å². The molecule has 5 heteroatoms. The van der Waals surface area contributed by atoms with E-state index in [1.807, 2.05) is 48.5 Å². The van der Waals surface area contributed by atoms with Crippen molar-refractivity contribution < 1.29 is 14.3 Å². The fraction of sp³-hybridized carbons (Fsp3) is 0.500. The fourth-order valence-electron chi connectivity index (χ4n) is 4.43. The number of nitrogens with one attached hydrogen (secondary N) is 1. The Morgan fingerprint density at radius 2 is 1.55 bits per heavy atom. The number of anilines is 1. The van der Waals surface area contributed by atoms with E-state index in [0.717, 1.165) is 68.1 Å². The Bertz CT molecular complexity index is 808. The normalized spacial score (nSPS) is 15.5. The maximum Gasteiger partial charge on any atom is 0.235 e. The van der Waals surface area contributed by atoms with Gasteiger partial charge in [-0.3, -0.25) is 4.79 Å². The van der Waals surface area contributed by atoms with E-state index in [1.54, 1.807) is 7.11 Å². The highest BCUT2D eigenvalue weighted by molar-refractivity contribution is 5.99. The summed E-state index contributed by atoms with van der Waals surface area (Å²) >= 11 is 0. The van der Waals surface area contributed by atoms with Gasteiger partial charge in [0.25, 0.3) is 0 Å². The molecule has 1 aliphatic carbocycles. The minimum atomic E-state index is -0.483. The van der Waals surface area contributed by atoms with Crippen LogP contribution in [0.2, 0.25) is 0 Å². The predicted molar refractivity (Wildman–Crippen MR) is 126 cm³/mol. The van der Waals surface area contributed by atoms with Gasteiger partial charge >= 0.3 is 0 Å². The van der Waals surface area contributed by atoms with Gasteiger partial charge in [-0.05, 0) is 67.9 Å². The van der Waals surface area contributed by atoms with Crippen LogP contribution in [-0.2, 0) is 10.2 Å². The molecule has 0 unspecified atom stereocenters. The van der Waals surface area contributed by atoms with Crippen LogP contribution in [0.3, 0.4) is 0 Å². The van der Waals surface area contributed by atoms with Crippen molar-refractivity contribution in [3.05, 3.63) is 54.1 Å². The van der Waals surface area contributed by atoms with Crippen LogP contribution in [0.5, 0.6) is 11.5 Å². The third-order valence-corrected chi connectivity index (χ3v) is 6.47. The average molecular weight is 425 g/mol. The monoisotopic (exact) mass is 424 g/mol. The molecule has 0 atom stereocenters. The molecule has 0 bridgehead atoms. The van der Waals surface area contributed by atoms with Crippen LogP contribution in [0.15, 0.2) is 48.5 Å². The molecule has 0 aromatic heterocycles. The minimum Gasteiger partial charge on any atom is -0.497 e. The van der Waals surface area contributed by atoms with Gasteiger partial charge in [0.05, 0.1) is 12.5 Å². The molecular formula is C26H36N2O3. The second kappa shape index (κ2) is 11.2. The van der Waals surface area contributed by atoms with E-state index in [1.165, 1.54) is 6.42 Å². The van der Waals surface area contributed by atoms with Gasteiger partial charge in [0, 0.05) is 12.2 Å². The Morgan fingerprint density at radius 3 is 2.13 bits per heavy atom. The lowest BCUT2D eigenvalue weighted by Crippen LogP contribution is -2.42. The molecule has 0 saturated heterocycles. The molecule has 5 nitrogen and oxygen atoms in total. The Morgan fingerprint density at radius 1 is 0.935 bits per heavy atom. The van der Waals surface area contributed by atoms with Crippen LogP contribution in [0.25, 0.3) is 0 Å². The lowest BCUT2D eigenvalue weighted by molar-refractivity contribution is -0.122. The number of methoxy groups -OCH3 is 1. The van der Waals surface area contributed by atoms with E-state index in [-0.39, 0.29) is 5.91 Å². The van der Waals surface area contributed by atoms with Crippen molar-refractivity contribution in [2.24, 2.45) is 0 Å². The SMILES string of the molecule is CCN(CC)CCOc1ccc(NC(=O)C2(c3ccc(OC)cc3)CCCCC2)cc1. The van der Waals surface area contributed by atoms with Gasteiger partial charge < -0.3 is 19.7 Å². The summed E-state index contributed by atoms with van der Waals surface area (Å²) in [7, 11) is 1.66. The summed E-state index contributed by atoms with van der Waals surface area (Å²) in [6, 6.07) is 15.7. The van der Waals surface area contributed by atoms with Crippen LogP contribution in [0.4, 0.5) is 5.69 Å². The van der Waals surface area contributed by atoms with E-state index < -0.39 is 5.41 Å². The van der Waals surface area contributed by atoms with Crippen molar-refractivity contribution in [2.45, 2.75) is 51.4 Å². The van der Waals surface area contributed by atoms with Gasteiger partial charge in [-0.25, -0.2) is 0 Å². The number of carbonyl (C=O) groups excluding carboxylic acids is 1. The summed E-state index contributed by atoms with van der Waals surface area (Å²) in [5, 5.41) is 3.17. The number of ether oxygens (including phenoxy) is 2. The molecule has 1 N–H and O–H groups in total. The number of carbonyl (C=O) groups is 1. The zero-order chi connectivity index (χ0) is 22.1. The summed E-state index contributed by atoms with van der Waals surface area (Å²) in [5.41, 5.74) is 1.39. The molecule has 1 saturated carbocycles. The van der Waals surface area contributed by atoms with E-state index >= 15 is 0 Å². The number of rotatable bonds is 10. The average Bonchev–Trinajstić information content (AvgIpc) is 2.83. The molecule has 0 heterocycles. The molecular weight excluding hydrogens is 388 g/mol. The molecule has 1 fully saturated rings. The molecule has 31 heavy (non-hydrogen) atoms. The summed E-state index contributed by atoms with van der Waals surface area (Å²) in [6.07, 6.45) is 5.07. The predicted octanol–water partition coefficient (Wildman–Crippen LogP) is 5.26. The van der Waals surface area contributed by atoms with E-state index in [0.29, 0.717) is 6.61 Å². The fourth-order valence-corrected chi connectivity index (χ4v) is 4.43. The molecule has 0 spiro atoms. The summed E-state index contributed by atoms with van der Waals surface area (Å²) in [6.45, 7) is 7.95. The third-order valence-electron chi connectivity index (χ3n) is 6.47. The summed E-state index contributed by atoms with van der Waals surface area (Å²) in [4.78, 5) is 15.8. The van der Waals surface area contributed by atoms with Gasteiger partial charge in [0.1, 0.15) is 18.1 Å². The van der Waals surface area contributed by atoms with Gasteiger partial charge in [-0.2, -0.15) is 0 Å². The van der Waals surface area contributed by atoms with Crippen molar-refractivity contribution in [2.75, 3.05) is 38.7 Å². The first-order valence-corrected chi connectivity index (χ1v) is 11.5. The molecule has 1 amide bonds. The van der Waals surface area contributed by atoms with Gasteiger partial charge in [0.15, 0.2) is 0 Å². The van der Waals surface area contributed by atoms with E-state index in [9.17, 15) is 4.79 Å². The van der Waals surface area contributed by atoms with Crippen molar-refractivity contribution in [1.29, 1.82) is 0 Å². The first-order valence-electron chi connectivity index (χ1n) is 11.5. The van der Waals surface area contributed by atoms with Gasteiger partial charge in [0.2, 0.25) is 5.91 Å². The number of benzene rings is 2. The number of hydrogen-bond acceptors (Lipinski definition) is 4.